The molecule has 3 heterocycles. The Hall–Kier alpha value is -2.32. The summed E-state index contributed by atoms with van der Waals surface area (Å²) < 4.78 is 40.6. The van der Waals surface area contributed by atoms with E-state index >= 15 is 0 Å². The summed E-state index contributed by atoms with van der Waals surface area (Å²) in [4.78, 5) is 18.0. The van der Waals surface area contributed by atoms with Crippen molar-refractivity contribution in [3.8, 4) is 0 Å². The third-order valence-corrected chi connectivity index (χ3v) is 3.92. The van der Waals surface area contributed by atoms with Gasteiger partial charge in [0.2, 0.25) is 5.91 Å². The molecule has 0 N–H and O–H groups in total. The van der Waals surface area contributed by atoms with Crippen LogP contribution in [0.15, 0.2) is 31.0 Å². The summed E-state index contributed by atoms with van der Waals surface area (Å²) in [6.45, 7) is 0.951. The maximum atomic E-state index is 12.5. The van der Waals surface area contributed by atoms with E-state index in [4.69, 9.17) is 0 Å². The van der Waals surface area contributed by atoms with Crippen molar-refractivity contribution in [1.29, 1.82) is 0 Å². The summed E-state index contributed by atoms with van der Waals surface area (Å²) in [7, 11) is 0. The van der Waals surface area contributed by atoms with Crippen molar-refractivity contribution in [3.05, 3.63) is 36.7 Å². The van der Waals surface area contributed by atoms with Crippen LogP contribution < -0.4 is 0 Å². The first kappa shape index (κ1) is 15.6. The fourth-order valence-corrected chi connectivity index (χ4v) is 2.75. The van der Waals surface area contributed by atoms with Crippen molar-refractivity contribution in [2.75, 3.05) is 13.1 Å². The minimum atomic E-state index is -4.49. The lowest BCUT2D eigenvalue weighted by molar-refractivity contribution is -0.142. The Balaban J connectivity index is 1.63. The van der Waals surface area contributed by atoms with E-state index in [-0.39, 0.29) is 18.5 Å². The van der Waals surface area contributed by atoms with Gasteiger partial charge >= 0.3 is 6.18 Å². The maximum absolute atomic E-state index is 12.5. The Kier molecular flexibility index (Phi) is 4.10. The van der Waals surface area contributed by atoms with Crippen LogP contribution in [-0.4, -0.2) is 43.2 Å². The number of imidazole rings is 1. The number of amides is 1. The first-order valence-corrected chi connectivity index (χ1v) is 7.29. The molecule has 0 radical (unpaired) electrons. The highest BCUT2D eigenvalue weighted by atomic mass is 19.4. The minimum absolute atomic E-state index is 0.151. The Labute approximate surface area is 130 Å². The lowest BCUT2D eigenvalue weighted by Gasteiger charge is -2.33. The van der Waals surface area contributed by atoms with E-state index in [1.165, 1.54) is 6.20 Å². The van der Waals surface area contributed by atoms with Gasteiger partial charge in [-0.25, -0.2) is 4.98 Å². The number of rotatable bonds is 3. The second kappa shape index (κ2) is 6.05. The zero-order valence-corrected chi connectivity index (χ0v) is 12.3. The van der Waals surface area contributed by atoms with Crippen LogP contribution in [0, 0.1) is 0 Å². The molecule has 1 aliphatic heterocycles. The summed E-state index contributed by atoms with van der Waals surface area (Å²) in [5.41, 5.74) is -0.986. The predicted molar refractivity (Wildman–Crippen MR) is 74.3 cm³/mol. The van der Waals surface area contributed by atoms with E-state index < -0.39 is 11.9 Å². The fraction of sp³-hybridized carbons (Fsp3) is 0.500. The van der Waals surface area contributed by atoms with Crippen LogP contribution in [0.25, 0.3) is 0 Å². The molecule has 0 unspecified atom stereocenters. The zero-order chi connectivity index (χ0) is 16.4. The molecule has 1 fully saturated rings. The number of carbonyl (C=O) groups is 1. The molecule has 1 saturated heterocycles. The number of nitrogens with zero attached hydrogens (tertiary/aromatic N) is 5. The number of likely N-dealkylation sites (tertiary alicyclic amines) is 1. The van der Waals surface area contributed by atoms with E-state index in [9.17, 15) is 18.0 Å². The normalized spacial score (nSPS) is 19.1. The predicted octanol–water partition coefficient (Wildman–Crippen LogP) is 1.96. The van der Waals surface area contributed by atoms with Crippen LogP contribution in [-0.2, 0) is 17.5 Å². The molecule has 2 aromatic heterocycles. The Morgan fingerprint density at radius 2 is 2.17 bits per heavy atom. The highest BCUT2D eigenvalue weighted by Gasteiger charge is 2.34. The van der Waals surface area contributed by atoms with Gasteiger partial charge in [0.15, 0.2) is 5.69 Å². The largest absolute Gasteiger partial charge is 0.435 e. The lowest BCUT2D eigenvalue weighted by Crippen LogP contribution is -2.42. The van der Waals surface area contributed by atoms with Crippen LogP contribution in [0.3, 0.4) is 0 Å². The monoisotopic (exact) mass is 327 g/mol. The van der Waals surface area contributed by atoms with Gasteiger partial charge in [0.25, 0.3) is 0 Å². The maximum Gasteiger partial charge on any atom is 0.435 e. The molecule has 1 aliphatic rings. The number of alkyl halides is 3. The molecule has 9 heteroatoms. The lowest BCUT2D eigenvalue weighted by atomic mass is 10.1. The molecule has 124 valence electrons. The smallest absolute Gasteiger partial charge is 0.339 e. The second-order valence-electron chi connectivity index (χ2n) is 5.54. The van der Waals surface area contributed by atoms with Crippen molar-refractivity contribution < 1.29 is 18.0 Å². The van der Waals surface area contributed by atoms with Gasteiger partial charge in [-0.3, -0.25) is 9.48 Å². The molecule has 0 spiro atoms. The summed E-state index contributed by atoms with van der Waals surface area (Å²) in [5.74, 6) is -0.230. The molecule has 0 saturated carbocycles. The van der Waals surface area contributed by atoms with E-state index in [1.807, 2.05) is 10.8 Å². The van der Waals surface area contributed by atoms with Crippen molar-refractivity contribution in [2.45, 2.75) is 31.6 Å². The van der Waals surface area contributed by atoms with Crippen LogP contribution in [0.4, 0.5) is 13.2 Å². The number of hydrogen-bond donors (Lipinski definition) is 0. The van der Waals surface area contributed by atoms with Gasteiger partial charge in [-0.1, -0.05) is 0 Å². The third-order valence-electron chi connectivity index (χ3n) is 3.92. The standard InChI is InChI=1S/C14H16F3N5O/c15-14(16,17)12-3-6-22(19-12)9-13(23)20-5-1-2-11(8-20)21-7-4-18-10-21/h3-4,6-7,10-11H,1-2,5,8-9H2/t11-/m1/s1. The summed E-state index contributed by atoms with van der Waals surface area (Å²) in [5, 5.41) is 3.41. The van der Waals surface area contributed by atoms with E-state index in [2.05, 4.69) is 10.1 Å². The van der Waals surface area contributed by atoms with Crippen molar-refractivity contribution in [1.82, 2.24) is 24.2 Å². The summed E-state index contributed by atoms with van der Waals surface area (Å²) in [6.07, 6.45) is 3.72. The number of halogens is 3. The van der Waals surface area contributed by atoms with Gasteiger partial charge in [0.05, 0.1) is 12.4 Å². The number of hydrogen-bond acceptors (Lipinski definition) is 3. The van der Waals surface area contributed by atoms with Crippen molar-refractivity contribution >= 4 is 5.91 Å². The summed E-state index contributed by atoms with van der Waals surface area (Å²) in [6, 6.07) is 1.02. The van der Waals surface area contributed by atoms with Gasteiger partial charge in [-0.15, -0.1) is 0 Å². The average Bonchev–Trinajstić information content (AvgIpc) is 3.18. The number of piperidine rings is 1. The summed E-state index contributed by atoms with van der Waals surface area (Å²) >= 11 is 0. The molecule has 1 amide bonds. The Bertz CT molecular complexity index is 664. The molecule has 6 nitrogen and oxygen atoms in total. The molecule has 0 bridgehead atoms. The Morgan fingerprint density at radius 1 is 1.35 bits per heavy atom. The van der Waals surface area contributed by atoms with Crippen molar-refractivity contribution in [2.24, 2.45) is 0 Å². The highest BCUT2D eigenvalue weighted by molar-refractivity contribution is 5.76. The van der Waals surface area contributed by atoms with Crippen LogP contribution >= 0.6 is 0 Å². The van der Waals surface area contributed by atoms with Crippen LogP contribution in [0.1, 0.15) is 24.6 Å². The van der Waals surface area contributed by atoms with Crippen LogP contribution in [0.5, 0.6) is 0 Å². The number of carbonyl (C=O) groups excluding carboxylic acids is 1. The number of aromatic nitrogens is 4. The van der Waals surface area contributed by atoms with Gasteiger partial charge < -0.3 is 9.47 Å². The quantitative estimate of drug-likeness (QED) is 0.866. The first-order chi connectivity index (χ1) is 10.9. The zero-order valence-electron chi connectivity index (χ0n) is 12.3. The molecule has 3 rings (SSSR count). The molecular formula is C14H16F3N5O. The van der Waals surface area contributed by atoms with Crippen molar-refractivity contribution in [3.63, 3.8) is 0 Å². The fourth-order valence-electron chi connectivity index (χ4n) is 2.75. The van der Waals surface area contributed by atoms with Gasteiger partial charge in [0.1, 0.15) is 6.54 Å². The van der Waals surface area contributed by atoms with Gasteiger partial charge in [0, 0.05) is 31.7 Å². The van der Waals surface area contributed by atoms with E-state index in [1.54, 1.807) is 17.4 Å². The van der Waals surface area contributed by atoms with Gasteiger partial charge in [-0.05, 0) is 18.9 Å². The van der Waals surface area contributed by atoms with E-state index in [0.29, 0.717) is 13.1 Å². The minimum Gasteiger partial charge on any atom is -0.339 e. The highest BCUT2D eigenvalue weighted by Crippen LogP contribution is 2.27. The van der Waals surface area contributed by atoms with Crippen LogP contribution in [0.2, 0.25) is 0 Å². The molecule has 1 atom stereocenters. The molecule has 0 aromatic carbocycles. The first-order valence-electron chi connectivity index (χ1n) is 7.29. The SMILES string of the molecule is O=C(Cn1ccc(C(F)(F)F)n1)N1CCC[C@@H](n2ccnc2)C1. The molecule has 23 heavy (non-hydrogen) atoms. The topological polar surface area (TPSA) is 56.0 Å². The molecule has 2 aromatic rings. The third kappa shape index (κ3) is 3.54. The Morgan fingerprint density at radius 3 is 2.83 bits per heavy atom. The van der Waals surface area contributed by atoms with E-state index in [0.717, 1.165) is 23.6 Å². The molecule has 0 aliphatic carbocycles. The molecular weight excluding hydrogens is 311 g/mol. The van der Waals surface area contributed by atoms with Gasteiger partial charge in [-0.2, -0.15) is 18.3 Å². The second-order valence-corrected chi connectivity index (χ2v) is 5.54. The average molecular weight is 327 g/mol.